The summed E-state index contributed by atoms with van der Waals surface area (Å²) >= 11 is 0. The molecule has 8 heteroatoms. The van der Waals surface area contributed by atoms with Gasteiger partial charge in [-0.15, -0.1) is 0 Å². The van der Waals surface area contributed by atoms with E-state index in [9.17, 15) is 24.6 Å². The highest BCUT2D eigenvalue weighted by molar-refractivity contribution is 6.08. The number of aromatic nitrogens is 2. The van der Waals surface area contributed by atoms with Crippen molar-refractivity contribution in [2.75, 3.05) is 5.73 Å². The molecule has 1 aromatic carbocycles. The molecule has 0 aliphatic rings. The van der Waals surface area contributed by atoms with Gasteiger partial charge in [0, 0.05) is 23.3 Å². The minimum Gasteiger partial charge on any atom is -0.478 e. The molecular weight excluding hydrogens is 314 g/mol. The second-order valence-electron chi connectivity index (χ2n) is 5.04. The fourth-order valence-electron chi connectivity index (χ4n) is 2.58. The van der Waals surface area contributed by atoms with E-state index in [1.54, 1.807) is 30.6 Å². The molecule has 24 heavy (non-hydrogen) atoms. The monoisotopic (exact) mass is 325 g/mol. The largest absolute Gasteiger partial charge is 0.478 e. The third-order valence-corrected chi connectivity index (χ3v) is 3.60. The number of hydrogen-bond acceptors (Lipinski definition) is 5. The van der Waals surface area contributed by atoms with Crippen LogP contribution in [-0.2, 0) is 0 Å². The fraction of sp³-hybridized carbons (Fsp3) is 0. The zero-order valence-electron chi connectivity index (χ0n) is 12.1. The SMILES string of the molecule is Nc1[nH]c(=O)c(C(=O)O)c(-c2ccc3ccncc3c2)c1C(=O)O. The van der Waals surface area contributed by atoms with Crippen LogP contribution in [-0.4, -0.2) is 32.1 Å². The molecule has 0 amide bonds. The summed E-state index contributed by atoms with van der Waals surface area (Å²) in [7, 11) is 0. The van der Waals surface area contributed by atoms with Crippen molar-refractivity contribution in [1.82, 2.24) is 9.97 Å². The number of carbonyl (C=O) groups is 2. The minimum atomic E-state index is -1.54. The molecule has 0 spiro atoms. The van der Waals surface area contributed by atoms with Crippen LogP contribution >= 0.6 is 0 Å². The zero-order chi connectivity index (χ0) is 17.4. The van der Waals surface area contributed by atoms with Crippen LogP contribution < -0.4 is 11.3 Å². The number of aromatic carboxylic acids is 2. The second-order valence-corrected chi connectivity index (χ2v) is 5.04. The van der Waals surface area contributed by atoms with Crippen molar-refractivity contribution in [2.45, 2.75) is 0 Å². The summed E-state index contributed by atoms with van der Waals surface area (Å²) in [5.74, 6) is -3.38. The van der Waals surface area contributed by atoms with Crippen molar-refractivity contribution in [1.29, 1.82) is 0 Å². The van der Waals surface area contributed by atoms with E-state index >= 15 is 0 Å². The Hall–Kier alpha value is -3.68. The lowest BCUT2D eigenvalue weighted by molar-refractivity contribution is 0.0695. The molecule has 0 saturated carbocycles. The van der Waals surface area contributed by atoms with E-state index < -0.39 is 34.4 Å². The number of nitrogen functional groups attached to an aromatic ring is 1. The summed E-state index contributed by atoms with van der Waals surface area (Å²) in [6.45, 7) is 0. The maximum atomic E-state index is 12.0. The van der Waals surface area contributed by atoms with Crippen LogP contribution in [0.4, 0.5) is 5.82 Å². The van der Waals surface area contributed by atoms with Gasteiger partial charge in [0.25, 0.3) is 5.56 Å². The lowest BCUT2D eigenvalue weighted by atomic mass is 9.94. The maximum absolute atomic E-state index is 12.0. The smallest absolute Gasteiger partial charge is 0.342 e. The summed E-state index contributed by atoms with van der Waals surface area (Å²) in [5, 5.41) is 20.3. The normalized spacial score (nSPS) is 10.7. The van der Waals surface area contributed by atoms with E-state index in [1.165, 1.54) is 6.07 Å². The summed E-state index contributed by atoms with van der Waals surface area (Å²) in [6.07, 6.45) is 3.15. The Labute approximate surface area is 134 Å². The summed E-state index contributed by atoms with van der Waals surface area (Å²) in [4.78, 5) is 41.1. The molecule has 0 saturated heterocycles. The number of rotatable bonds is 3. The number of nitrogens with two attached hydrogens (primary N) is 1. The van der Waals surface area contributed by atoms with Gasteiger partial charge in [0.05, 0.1) is 0 Å². The molecule has 5 N–H and O–H groups in total. The number of carboxylic acids is 2. The third-order valence-electron chi connectivity index (χ3n) is 3.60. The van der Waals surface area contributed by atoms with E-state index in [4.69, 9.17) is 5.73 Å². The van der Waals surface area contributed by atoms with Crippen LogP contribution in [0.2, 0.25) is 0 Å². The molecule has 0 bridgehead atoms. The first-order chi connectivity index (χ1) is 11.4. The molecule has 0 fully saturated rings. The highest BCUT2D eigenvalue weighted by atomic mass is 16.4. The highest BCUT2D eigenvalue weighted by Crippen LogP contribution is 2.31. The predicted molar refractivity (Wildman–Crippen MR) is 86.1 cm³/mol. The Kier molecular flexibility index (Phi) is 3.49. The van der Waals surface area contributed by atoms with Crippen molar-refractivity contribution >= 4 is 28.5 Å². The maximum Gasteiger partial charge on any atom is 0.342 e. The van der Waals surface area contributed by atoms with Gasteiger partial charge in [-0.2, -0.15) is 0 Å². The van der Waals surface area contributed by atoms with Crippen LogP contribution in [0.3, 0.4) is 0 Å². The molecule has 8 nitrogen and oxygen atoms in total. The van der Waals surface area contributed by atoms with Crippen LogP contribution in [0, 0.1) is 0 Å². The van der Waals surface area contributed by atoms with Crippen molar-refractivity contribution < 1.29 is 19.8 Å². The molecule has 0 radical (unpaired) electrons. The van der Waals surface area contributed by atoms with Crippen LogP contribution in [0.25, 0.3) is 21.9 Å². The number of nitrogens with zero attached hydrogens (tertiary/aromatic N) is 1. The van der Waals surface area contributed by atoms with Crippen molar-refractivity contribution in [3.63, 3.8) is 0 Å². The van der Waals surface area contributed by atoms with E-state index in [0.717, 1.165) is 5.39 Å². The van der Waals surface area contributed by atoms with Crippen LogP contribution in [0.5, 0.6) is 0 Å². The van der Waals surface area contributed by atoms with Gasteiger partial charge in [0.1, 0.15) is 16.9 Å². The number of fused-ring (bicyclic) bond motifs is 1. The Balaban J connectivity index is 2.45. The first-order valence-corrected chi connectivity index (χ1v) is 6.76. The lowest BCUT2D eigenvalue weighted by Crippen LogP contribution is -2.24. The molecule has 0 atom stereocenters. The summed E-state index contributed by atoms with van der Waals surface area (Å²) in [6, 6.07) is 6.54. The van der Waals surface area contributed by atoms with Crippen LogP contribution in [0.1, 0.15) is 20.7 Å². The van der Waals surface area contributed by atoms with Gasteiger partial charge >= 0.3 is 11.9 Å². The molecule has 2 heterocycles. The third kappa shape index (κ3) is 2.35. The first kappa shape index (κ1) is 15.2. The molecule has 0 unspecified atom stereocenters. The molecule has 0 aliphatic carbocycles. The second kappa shape index (κ2) is 5.51. The Morgan fingerprint density at radius 2 is 1.75 bits per heavy atom. The number of carboxylic acid groups (broad SMARTS) is 2. The Bertz CT molecular complexity index is 1060. The number of pyridine rings is 2. The number of nitrogens with one attached hydrogen (secondary N) is 1. The van der Waals surface area contributed by atoms with Gasteiger partial charge in [-0.25, -0.2) is 9.59 Å². The molecule has 3 aromatic rings. The van der Waals surface area contributed by atoms with Gasteiger partial charge in [0.2, 0.25) is 0 Å². The van der Waals surface area contributed by atoms with E-state index in [2.05, 4.69) is 9.97 Å². The van der Waals surface area contributed by atoms with Gasteiger partial charge in [-0.05, 0) is 23.1 Å². The Morgan fingerprint density at radius 1 is 1.04 bits per heavy atom. The van der Waals surface area contributed by atoms with Crippen molar-refractivity contribution in [2.24, 2.45) is 0 Å². The zero-order valence-corrected chi connectivity index (χ0v) is 12.1. The number of aromatic amines is 1. The van der Waals surface area contributed by atoms with Gasteiger partial charge in [0.15, 0.2) is 0 Å². The fourth-order valence-corrected chi connectivity index (χ4v) is 2.58. The van der Waals surface area contributed by atoms with Crippen molar-refractivity contribution in [3.05, 3.63) is 58.1 Å². The quantitative estimate of drug-likeness (QED) is 0.571. The standard InChI is InChI=1S/C16H11N3O5/c17-13-11(15(21)22)10(12(16(23)24)14(20)19-13)8-2-1-7-3-4-18-6-9(7)5-8/h1-6H,(H,21,22)(H,23,24)(H3,17,19,20). The number of anilines is 1. The lowest BCUT2D eigenvalue weighted by Gasteiger charge is -2.12. The molecular formula is C16H11N3O5. The van der Waals surface area contributed by atoms with E-state index in [0.29, 0.717) is 5.39 Å². The molecule has 0 aliphatic heterocycles. The van der Waals surface area contributed by atoms with Gasteiger partial charge in [-0.1, -0.05) is 12.1 Å². The summed E-state index contributed by atoms with van der Waals surface area (Å²) in [5.41, 5.74) is 3.51. The number of H-pyrrole nitrogens is 1. The average Bonchev–Trinajstić information content (AvgIpc) is 2.52. The molecule has 3 rings (SSSR count). The average molecular weight is 325 g/mol. The van der Waals surface area contributed by atoms with Crippen LogP contribution in [0.15, 0.2) is 41.5 Å². The highest BCUT2D eigenvalue weighted by Gasteiger charge is 2.26. The topological polar surface area (TPSA) is 146 Å². The number of benzene rings is 1. The van der Waals surface area contributed by atoms with E-state index in [1.807, 2.05) is 0 Å². The number of hydrogen-bond donors (Lipinski definition) is 4. The van der Waals surface area contributed by atoms with Gasteiger partial charge in [-0.3, -0.25) is 9.78 Å². The predicted octanol–water partition coefficient (Wildman–Crippen LogP) is 1.57. The molecule has 2 aromatic heterocycles. The summed E-state index contributed by atoms with van der Waals surface area (Å²) < 4.78 is 0. The van der Waals surface area contributed by atoms with Crippen molar-refractivity contribution in [3.8, 4) is 11.1 Å². The minimum absolute atomic E-state index is 0.234. The van der Waals surface area contributed by atoms with E-state index in [-0.39, 0.29) is 11.1 Å². The Morgan fingerprint density at radius 3 is 2.42 bits per heavy atom. The first-order valence-electron chi connectivity index (χ1n) is 6.76. The molecule has 120 valence electrons. The van der Waals surface area contributed by atoms with Gasteiger partial charge < -0.3 is 20.9 Å².